The molecule has 30 heavy (non-hydrogen) atoms. The number of carbonyl (C=O) groups is 1. The predicted molar refractivity (Wildman–Crippen MR) is 117 cm³/mol. The number of benzene rings is 2. The molecule has 0 radical (unpaired) electrons. The number of amides is 1. The second-order valence-corrected chi connectivity index (χ2v) is 10.7. The van der Waals surface area contributed by atoms with Crippen LogP contribution in [0.4, 0.5) is 5.69 Å². The lowest BCUT2D eigenvalue weighted by Gasteiger charge is -2.11. The van der Waals surface area contributed by atoms with Crippen LogP contribution in [0, 0.1) is 0 Å². The fraction of sp³-hybridized carbons (Fsp3) is 0.381. The number of hydrogen-bond donors (Lipinski definition) is 1. The Morgan fingerprint density at radius 2 is 1.53 bits per heavy atom. The van der Waals surface area contributed by atoms with Crippen LogP contribution in [0.15, 0.2) is 53.4 Å². The zero-order valence-corrected chi connectivity index (χ0v) is 18.8. The van der Waals surface area contributed by atoms with Crippen LogP contribution in [0.3, 0.4) is 0 Å². The van der Waals surface area contributed by atoms with Gasteiger partial charge in [-0.25, -0.2) is 8.42 Å². The van der Waals surface area contributed by atoms with Crippen LogP contribution in [0.25, 0.3) is 0 Å². The van der Waals surface area contributed by atoms with Gasteiger partial charge in [0, 0.05) is 5.69 Å². The van der Waals surface area contributed by atoms with Gasteiger partial charge in [0.2, 0.25) is 0 Å². The molecular formula is C21H27NO6S2. The van der Waals surface area contributed by atoms with Crippen molar-refractivity contribution in [3.8, 4) is 5.75 Å². The maximum atomic E-state index is 12.5. The quantitative estimate of drug-likeness (QED) is 0.407. The first-order chi connectivity index (χ1) is 14.1. The number of para-hydroxylation sites is 1. The van der Waals surface area contributed by atoms with Gasteiger partial charge in [0.25, 0.3) is 5.91 Å². The molecule has 0 spiro atoms. The van der Waals surface area contributed by atoms with E-state index in [4.69, 9.17) is 4.18 Å². The van der Waals surface area contributed by atoms with Crippen molar-refractivity contribution in [3.63, 3.8) is 0 Å². The highest BCUT2D eigenvalue weighted by molar-refractivity contribution is 7.91. The van der Waals surface area contributed by atoms with E-state index >= 15 is 0 Å². The third kappa shape index (κ3) is 7.46. The molecule has 0 fully saturated rings. The largest absolute Gasteiger partial charge is 0.382 e. The average Bonchev–Trinajstić information content (AvgIpc) is 2.67. The summed E-state index contributed by atoms with van der Waals surface area (Å²) in [5, 5.41) is 2.62. The third-order valence-corrected chi connectivity index (χ3v) is 6.66. The van der Waals surface area contributed by atoms with E-state index in [-0.39, 0.29) is 22.0 Å². The molecule has 0 heterocycles. The number of carbonyl (C=O) groups excluding carboxylic acids is 1. The van der Waals surface area contributed by atoms with Crippen LogP contribution in [0.1, 0.15) is 49.4 Å². The van der Waals surface area contributed by atoms with Crippen molar-refractivity contribution in [3.05, 3.63) is 54.1 Å². The summed E-state index contributed by atoms with van der Waals surface area (Å²) < 4.78 is 52.5. The molecule has 0 aliphatic heterocycles. The van der Waals surface area contributed by atoms with Gasteiger partial charge in [0.1, 0.15) is 0 Å². The van der Waals surface area contributed by atoms with Gasteiger partial charge in [-0.2, -0.15) is 8.42 Å². The van der Waals surface area contributed by atoms with Gasteiger partial charge >= 0.3 is 10.1 Å². The Kier molecular flexibility index (Phi) is 8.43. The number of anilines is 1. The van der Waals surface area contributed by atoms with Crippen LogP contribution >= 0.6 is 0 Å². The van der Waals surface area contributed by atoms with E-state index in [0.717, 1.165) is 31.9 Å². The van der Waals surface area contributed by atoms with Gasteiger partial charge in [-0.1, -0.05) is 44.7 Å². The lowest BCUT2D eigenvalue weighted by Crippen LogP contribution is -2.15. The fourth-order valence-electron chi connectivity index (χ4n) is 2.85. The summed E-state index contributed by atoms with van der Waals surface area (Å²) in [4.78, 5) is 12.7. The van der Waals surface area contributed by atoms with E-state index in [1.165, 1.54) is 36.4 Å². The summed E-state index contributed by atoms with van der Waals surface area (Å²) >= 11 is 0. The van der Waals surface area contributed by atoms with Crippen molar-refractivity contribution >= 4 is 31.5 Å². The SMILES string of the molecule is CCCCCCCS(=O)(=O)c1ccc(NC(=O)c2ccccc2OS(C)(=O)=O)cc1. The molecule has 0 saturated carbocycles. The number of nitrogens with one attached hydrogen (secondary N) is 1. The molecule has 0 aliphatic carbocycles. The van der Waals surface area contributed by atoms with Crippen molar-refractivity contribution in [2.24, 2.45) is 0 Å². The van der Waals surface area contributed by atoms with Gasteiger partial charge in [-0.05, 0) is 42.8 Å². The van der Waals surface area contributed by atoms with Crippen molar-refractivity contribution in [2.45, 2.75) is 43.9 Å². The van der Waals surface area contributed by atoms with Crippen LogP contribution < -0.4 is 9.50 Å². The zero-order valence-electron chi connectivity index (χ0n) is 17.1. The number of rotatable bonds is 11. The van der Waals surface area contributed by atoms with E-state index < -0.39 is 25.9 Å². The minimum absolute atomic E-state index is 0.0479. The Morgan fingerprint density at radius 3 is 2.17 bits per heavy atom. The molecule has 1 amide bonds. The topological polar surface area (TPSA) is 107 Å². The molecule has 0 atom stereocenters. The highest BCUT2D eigenvalue weighted by Crippen LogP contribution is 2.22. The second kappa shape index (κ2) is 10.6. The predicted octanol–water partition coefficient (Wildman–Crippen LogP) is 4.02. The molecule has 0 saturated heterocycles. The Hall–Kier alpha value is -2.39. The summed E-state index contributed by atoms with van der Waals surface area (Å²) in [5.74, 6) is -0.556. The first-order valence-corrected chi connectivity index (χ1v) is 13.2. The van der Waals surface area contributed by atoms with Crippen molar-refractivity contribution in [2.75, 3.05) is 17.3 Å². The molecule has 164 valence electrons. The van der Waals surface area contributed by atoms with Crippen LogP contribution in [-0.2, 0) is 20.0 Å². The number of unbranched alkanes of at least 4 members (excludes halogenated alkanes) is 4. The molecule has 2 aromatic rings. The second-order valence-electron chi connectivity index (χ2n) is 7.00. The Labute approximate surface area is 178 Å². The molecule has 0 aromatic heterocycles. The molecule has 7 nitrogen and oxygen atoms in total. The standard InChI is InChI=1S/C21H27NO6S2/c1-3-4-5-6-9-16-30(26,27)18-14-12-17(13-15-18)22-21(23)19-10-7-8-11-20(19)28-29(2,24)25/h7-8,10-15H,3-6,9,16H2,1-2H3,(H,22,23). The Balaban J connectivity index is 2.05. The molecule has 9 heteroatoms. The van der Waals surface area contributed by atoms with E-state index in [9.17, 15) is 21.6 Å². The Morgan fingerprint density at radius 1 is 0.900 bits per heavy atom. The van der Waals surface area contributed by atoms with Gasteiger partial charge in [0.05, 0.1) is 22.5 Å². The van der Waals surface area contributed by atoms with Crippen molar-refractivity contribution < 1.29 is 25.8 Å². The van der Waals surface area contributed by atoms with Crippen LogP contribution in [0.2, 0.25) is 0 Å². The lowest BCUT2D eigenvalue weighted by atomic mass is 10.2. The normalized spacial score (nSPS) is 11.8. The maximum Gasteiger partial charge on any atom is 0.306 e. The number of sulfone groups is 1. The molecule has 1 N–H and O–H groups in total. The molecule has 0 bridgehead atoms. The lowest BCUT2D eigenvalue weighted by molar-refractivity contribution is 0.102. The van der Waals surface area contributed by atoms with E-state index in [1.807, 2.05) is 0 Å². The smallest absolute Gasteiger partial charge is 0.306 e. The summed E-state index contributed by atoms with van der Waals surface area (Å²) in [6, 6.07) is 11.9. The molecule has 0 unspecified atom stereocenters. The van der Waals surface area contributed by atoms with Gasteiger partial charge in [-0.3, -0.25) is 4.79 Å². The van der Waals surface area contributed by atoms with Gasteiger partial charge in [0.15, 0.2) is 15.6 Å². The van der Waals surface area contributed by atoms with Gasteiger partial charge < -0.3 is 9.50 Å². The molecule has 2 rings (SSSR count). The van der Waals surface area contributed by atoms with Crippen molar-refractivity contribution in [1.82, 2.24) is 0 Å². The third-order valence-electron chi connectivity index (χ3n) is 4.36. The zero-order chi connectivity index (χ0) is 22.2. The summed E-state index contributed by atoms with van der Waals surface area (Å²) in [5.41, 5.74) is 0.433. The molecular weight excluding hydrogens is 426 g/mol. The average molecular weight is 454 g/mol. The first-order valence-electron chi connectivity index (χ1n) is 9.75. The monoisotopic (exact) mass is 453 g/mol. The van der Waals surface area contributed by atoms with Crippen molar-refractivity contribution in [1.29, 1.82) is 0 Å². The number of hydrogen-bond acceptors (Lipinski definition) is 6. The van der Waals surface area contributed by atoms with Crippen LogP contribution in [0.5, 0.6) is 5.75 Å². The van der Waals surface area contributed by atoms with E-state index in [1.54, 1.807) is 12.1 Å². The highest BCUT2D eigenvalue weighted by atomic mass is 32.2. The maximum absolute atomic E-state index is 12.5. The fourth-order valence-corrected chi connectivity index (χ4v) is 4.69. The first kappa shape index (κ1) is 23.9. The summed E-state index contributed by atoms with van der Waals surface area (Å²) in [6.45, 7) is 2.11. The minimum Gasteiger partial charge on any atom is -0.382 e. The minimum atomic E-state index is -3.79. The summed E-state index contributed by atoms with van der Waals surface area (Å²) in [7, 11) is -7.16. The highest BCUT2D eigenvalue weighted by Gasteiger charge is 2.17. The molecule has 0 aliphatic rings. The van der Waals surface area contributed by atoms with Gasteiger partial charge in [-0.15, -0.1) is 0 Å². The van der Waals surface area contributed by atoms with Crippen LogP contribution in [-0.4, -0.2) is 34.8 Å². The van der Waals surface area contributed by atoms with E-state index in [2.05, 4.69) is 12.2 Å². The summed E-state index contributed by atoms with van der Waals surface area (Å²) in [6.07, 6.45) is 5.64. The Bertz CT molecular complexity index is 1060. The van der Waals surface area contributed by atoms with E-state index in [0.29, 0.717) is 12.1 Å². The molecule has 2 aromatic carbocycles.